The number of rotatable bonds is 13. The molecule has 0 radical (unpaired) electrons. The summed E-state index contributed by atoms with van der Waals surface area (Å²) < 4.78 is 42.7. The lowest BCUT2D eigenvalue weighted by Gasteiger charge is -2.34. The Bertz CT molecular complexity index is 1710. The molecule has 0 saturated heterocycles. The number of halogens is 3. The van der Waals surface area contributed by atoms with E-state index < -0.39 is 34.3 Å². The van der Waals surface area contributed by atoms with E-state index in [1.807, 2.05) is 44.2 Å². The van der Waals surface area contributed by atoms with Gasteiger partial charge in [0.05, 0.1) is 20.6 Å². The largest absolute Gasteiger partial charge is 0.354 e. The molecular formula is C34H34Cl2FN3O4S. The summed E-state index contributed by atoms with van der Waals surface area (Å²) in [7, 11) is -4.28. The first-order valence-electron chi connectivity index (χ1n) is 14.3. The molecule has 0 aliphatic carbocycles. The molecule has 0 saturated carbocycles. The Labute approximate surface area is 273 Å². The van der Waals surface area contributed by atoms with E-state index in [-0.39, 0.29) is 40.4 Å². The van der Waals surface area contributed by atoms with E-state index >= 15 is 0 Å². The first-order valence-corrected chi connectivity index (χ1v) is 16.5. The fourth-order valence-corrected chi connectivity index (χ4v) is 6.42. The maximum absolute atomic E-state index is 14.4. The first-order chi connectivity index (χ1) is 21.5. The molecule has 0 fully saturated rings. The molecule has 11 heteroatoms. The Balaban J connectivity index is 1.80. The van der Waals surface area contributed by atoms with E-state index in [9.17, 15) is 22.4 Å². The van der Waals surface area contributed by atoms with Gasteiger partial charge in [-0.05, 0) is 65.6 Å². The number of nitrogens with one attached hydrogen (secondary N) is 1. The summed E-state index contributed by atoms with van der Waals surface area (Å²) in [6, 6.07) is 25.6. The molecule has 0 aliphatic rings. The zero-order valence-corrected chi connectivity index (χ0v) is 27.2. The number of sulfonamides is 1. The van der Waals surface area contributed by atoms with Gasteiger partial charge in [-0.25, -0.2) is 12.8 Å². The molecule has 7 nitrogen and oxygen atoms in total. The predicted octanol–water partition coefficient (Wildman–Crippen LogP) is 6.74. The number of nitrogens with zero attached hydrogens (tertiary/aromatic N) is 2. The minimum absolute atomic E-state index is 0.0475. The highest BCUT2D eigenvalue weighted by atomic mass is 35.5. The second-order valence-electron chi connectivity index (χ2n) is 10.9. The van der Waals surface area contributed by atoms with Gasteiger partial charge in [0.25, 0.3) is 10.0 Å². The highest BCUT2D eigenvalue weighted by Gasteiger charge is 2.34. The number of hydrogen-bond donors (Lipinski definition) is 1. The number of carbonyl (C=O) groups is 2. The molecular weight excluding hydrogens is 636 g/mol. The van der Waals surface area contributed by atoms with Gasteiger partial charge in [-0.15, -0.1) is 0 Å². The second kappa shape index (κ2) is 15.4. The molecule has 236 valence electrons. The van der Waals surface area contributed by atoms with E-state index in [1.165, 1.54) is 29.2 Å². The molecule has 0 aromatic heterocycles. The SMILES string of the molecule is CC(C)CNC(=O)C(Cc1ccccc1)N(Cc1ccc(Cl)c(Cl)c1)C(=O)CN(c1ccc(F)cc1)S(=O)(=O)c1ccccc1. The number of benzene rings is 4. The summed E-state index contributed by atoms with van der Waals surface area (Å²) in [5.74, 6) is -1.45. The molecule has 2 amide bonds. The second-order valence-corrected chi connectivity index (χ2v) is 13.6. The zero-order valence-electron chi connectivity index (χ0n) is 24.9. The predicted molar refractivity (Wildman–Crippen MR) is 176 cm³/mol. The van der Waals surface area contributed by atoms with Gasteiger partial charge in [0, 0.05) is 19.5 Å². The van der Waals surface area contributed by atoms with Crippen molar-refractivity contribution in [1.82, 2.24) is 10.2 Å². The highest BCUT2D eigenvalue weighted by molar-refractivity contribution is 7.92. The summed E-state index contributed by atoms with van der Waals surface area (Å²) in [6.07, 6.45) is 0.166. The molecule has 1 atom stereocenters. The lowest BCUT2D eigenvalue weighted by atomic mass is 10.0. The van der Waals surface area contributed by atoms with Crippen molar-refractivity contribution in [3.8, 4) is 0 Å². The van der Waals surface area contributed by atoms with Gasteiger partial charge in [-0.3, -0.25) is 13.9 Å². The number of amides is 2. The summed E-state index contributed by atoms with van der Waals surface area (Å²) in [4.78, 5) is 29.5. The van der Waals surface area contributed by atoms with E-state index in [4.69, 9.17) is 23.2 Å². The lowest BCUT2D eigenvalue weighted by molar-refractivity contribution is -0.140. The van der Waals surface area contributed by atoms with Gasteiger partial charge in [-0.2, -0.15) is 0 Å². The van der Waals surface area contributed by atoms with Crippen molar-refractivity contribution >= 4 is 50.7 Å². The Hall–Kier alpha value is -3.92. The van der Waals surface area contributed by atoms with Crippen LogP contribution in [0.5, 0.6) is 0 Å². The van der Waals surface area contributed by atoms with Gasteiger partial charge in [-0.1, -0.05) is 91.6 Å². The van der Waals surface area contributed by atoms with E-state index in [0.717, 1.165) is 22.0 Å². The Kier molecular flexibility index (Phi) is 11.6. The van der Waals surface area contributed by atoms with Gasteiger partial charge in [0.15, 0.2) is 0 Å². The smallest absolute Gasteiger partial charge is 0.264 e. The van der Waals surface area contributed by atoms with Crippen molar-refractivity contribution in [2.45, 2.75) is 37.8 Å². The molecule has 4 aromatic carbocycles. The van der Waals surface area contributed by atoms with Crippen LogP contribution in [0, 0.1) is 11.7 Å². The van der Waals surface area contributed by atoms with Crippen LogP contribution >= 0.6 is 23.2 Å². The molecule has 1 N–H and O–H groups in total. The van der Waals surface area contributed by atoms with Crippen molar-refractivity contribution in [1.29, 1.82) is 0 Å². The van der Waals surface area contributed by atoms with Gasteiger partial charge in [0.2, 0.25) is 11.8 Å². The molecule has 4 rings (SSSR count). The average Bonchev–Trinajstić information content (AvgIpc) is 3.03. The van der Waals surface area contributed by atoms with Crippen LogP contribution in [-0.2, 0) is 32.6 Å². The minimum atomic E-state index is -4.28. The fraction of sp³-hybridized carbons (Fsp3) is 0.235. The van der Waals surface area contributed by atoms with Crippen LogP contribution in [0.1, 0.15) is 25.0 Å². The maximum Gasteiger partial charge on any atom is 0.264 e. The first kappa shape index (κ1) is 34.0. The summed E-state index contributed by atoms with van der Waals surface area (Å²) in [5.41, 5.74) is 1.49. The summed E-state index contributed by atoms with van der Waals surface area (Å²) in [5, 5.41) is 3.53. The Morgan fingerprint density at radius 2 is 1.44 bits per heavy atom. The minimum Gasteiger partial charge on any atom is -0.354 e. The number of carbonyl (C=O) groups excluding carboxylic acids is 2. The third-order valence-corrected chi connectivity index (χ3v) is 9.54. The van der Waals surface area contributed by atoms with Crippen LogP contribution in [0.15, 0.2) is 108 Å². The van der Waals surface area contributed by atoms with Crippen molar-refractivity contribution in [3.63, 3.8) is 0 Å². The maximum atomic E-state index is 14.4. The molecule has 45 heavy (non-hydrogen) atoms. The Morgan fingerprint density at radius 1 is 0.822 bits per heavy atom. The lowest BCUT2D eigenvalue weighted by Crippen LogP contribution is -2.53. The van der Waals surface area contributed by atoms with Crippen molar-refractivity contribution in [2.24, 2.45) is 5.92 Å². The monoisotopic (exact) mass is 669 g/mol. The van der Waals surface area contributed by atoms with Gasteiger partial charge >= 0.3 is 0 Å². The third-order valence-electron chi connectivity index (χ3n) is 7.02. The molecule has 0 bridgehead atoms. The van der Waals surface area contributed by atoms with E-state index in [2.05, 4.69) is 5.32 Å². The van der Waals surface area contributed by atoms with Crippen LogP contribution in [-0.4, -0.2) is 44.3 Å². The van der Waals surface area contributed by atoms with Crippen LogP contribution in [0.3, 0.4) is 0 Å². The van der Waals surface area contributed by atoms with E-state index in [0.29, 0.717) is 17.1 Å². The standard InChI is InChI=1S/C34H34Cl2FN3O4S/c1-24(2)21-38-34(42)32(20-25-9-5-3-6-10-25)39(22-26-13-18-30(35)31(36)19-26)33(41)23-40(28-16-14-27(37)15-17-28)45(43,44)29-11-7-4-8-12-29/h3-19,24,32H,20-23H2,1-2H3,(H,38,42). The van der Waals surface area contributed by atoms with Crippen LogP contribution < -0.4 is 9.62 Å². The van der Waals surface area contributed by atoms with Crippen molar-refractivity contribution < 1.29 is 22.4 Å². The van der Waals surface area contributed by atoms with Gasteiger partial charge in [0.1, 0.15) is 18.4 Å². The molecule has 4 aromatic rings. The average molecular weight is 671 g/mol. The number of hydrogen-bond acceptors (Lipinski definition) is 4. The van der Waals surface area contributed by atoms with E-state index in [1.54, 1.807) is 36.4 Å². The van der Waals surface area contributed by atoms with Crippen molar-refractivity contribution in [2.75, 3.05) is 17.4 Å². The van der Waals surface area contributed by atoms with Gasteiger partial charge < -0.3 is 10.2 Å². The third kappa shape index (κ3) is 9.06. The normalized spacial score (nSPS) is 12.0. The molecule has 1 unspecified atom stereocenters. The van der Waals surface area contributed by atoms with Crippen LogP contribution in [0.25, 0.3) is 0 Å². The zero-order chi connectivity index (χ0) is 32.6. The highest BCUT2D eigenvalue weighted by Crippen LogP contribution is 2.27. The molecule has 0 spiro atoms. The summed E-state index contributed by atoms with van der Waals surface area (Å²) >= 11 is 12.5. The molecule has 0 aliphatic heterocycles. The van der Waals surface area contributed by atoms with Crippen molar-refractivity contribution in [3.05, 3.63) is 130 Å². The number of anilines is 1. The van der Waals surface area contributed by atoms with Crippen LogP contribution in [0.4, 0.5) is 10.1 Å². The Morgan fingerprint density at radius 3 is 2.04 bits per heavy atom. The topological polar surface area (TPSA) is 86.8 Å². The summed E-state index contributed by atoms with van der Waals surface area (Å²) in [6.45, 7) is 3.57. The quantitative estimate of drug-likeness (QED) is 0.171. The molecule has 0 heterocycles. The fourth-order valence-electron chi connectivity index (χ4n) is 4.67. The van der Waals surface area contributed by atoms with Crippen LogP contribution in [0.2, 0.25) is 10.0 Å².